The third-order valence-electron chi connectivity index (χ3n) is 11.6. The molecule has 0 fully saturated rings. The maximum Gasteiger partial charge on any atom is 0.306 e. The van der Waals surface area contributed by atoms with Gasteiger partial charge in [-0.3, -0.25) is 14.4 Å². The number of hydrogen-bond acceptors (Lipinski definition) is 6. The van der Waals surface area contributed by atoms with Gasteiger partial charge in [0, 0.05) is 19.3 Å². The van der Waals surface area contributed by atoms with Crippen molar-refractivity contribution in [2.45, 2.75) is 245 Å². The lowest BCUT2D eigenvalue weighted by atomic mass is 10.1. The lowest BCUT2D eigenvalue weighted by Crippen LogP contribution is -2.30. The third-order valence-corrected chi connectivity index (χ3v) is 11.6. The molecule has 0 aromatic rings. The number of carbonyl (C=O) groups is 3. The third kappa shape index (κ3) is 54.6. The minimum absolute atomic E-state index is 0.104. The van der Waals surface area contributed by atoms with Gasteiger partial charge in [-0.1, -0.05) is 251 Å². The van der Waals surface area contributed by atoms with Crippen LogP contribution in [0.2, 0.25) is 0 Å². The standard InChI is InChI=1S/C63H102O6/c1-4-7-10-13-16-19-22-25-28-30-32-35-38-41-44-47-50-53-56-62(65)68-59-60(58-67-61(64)55-52-49-46-43-40-37-34-27-24-21-18-15-12-9-6-3)69-63(66)57-54-51-48-45-42-39-36-33-31-29-26-23-20-17-14-11-8-5-2/h10,13,16,18-19,21-33,35-36,60H,4-9,11-12,14-15,17,20,34,37-59H2,1-3H3/b13-10-,19-16-,21-18-,25-22-,26-23-,27-24-,30-28-,31-29-,35-32-,36-33-. The number of esters is 3. The molecule has 1 unspecified atom stereocenters. The Morgan fingerprint density at radius 2 is 0.551 bits per heavy atom. The first-order valence-corrected chi connectivity index (χ1v) is 28.2. The summed E-state index contributed by atoms with van der Waals surface area (Å²) in [5, 5.41) is 0. The average Bonchev–Trinajstić information content (AvgIpc) is 3.35. The van der Waals surface area contributed by atoms with Crippen LogP contribution in [0.4, 0.5) is 0 Å². The molecule has 0 heterocycles. The molecule has 0 aliphatic carbocycles. The maximum absolute atomic E-state index is 12.9. The first-order chi connectivity index (χ1) is 34.0. The van der Waals surface area contributed by atoms with E-state index in [0.29, 0.717) is 19.3 Å². The Balaban J connectivity index is 4.53. The second-order valence-electron chi connectivity index (χ2n) is 18.3. The maximum atomic E-state index is 12.9. The van der Waals surface area contributed by atoms with Gasteiger partial charge in [0.1, 0.15) is 13.2 Å². The highest BCUT2D eigenvalue weighted by molar-refractivity contribution is 5.71. The molecule has 1 atom stereocenters. The van der Waals surface area contributed by atoms with Crippen molar-refractivity contribution >= 4 is 17.9 Å². The summed E-state index contributed by atoms with van der Waals surface area (Å²) in [6.07, 6.45) is 77.4. The fourth-order valence-electron chi connectivity index (χ4n) is 7.35. The van der Waals surface area contributed by atoms with Gasteiger partial charge in [-0.15, -0.1) is 0 Å². The average molecular weight is 956 g/mol. The van der Waals surface area contributed by atoms with Gasteiger partial charge >= 0.3 is 17.9 Å². The van der Waals surface area contributed by atoms with Crippen LogP contribution in [0, 0.1) is 0 Å². The van der Waals surface area contributed by atoms with Crippen LogP contribution in [0.25, 0.3) is 0 Å². The lowest BCUT2D eigenvalue weighted by molar-refractivity contribution is -0.167. The number of unbranched alkanes of at least 4 members (excludes halogenated alkanes) is 25. The van der Waals surface area contributed by atoms with Crippen molar-refractivity contribution in [2.24, 2.45) is 0 Å². The SMILES string of the molecule is CCC\C=C/C=C\C=C/C=C\C=C/CCCCCCCC(=O)OCC(COC(=O)CCCCCCCC/C=C\C=C/CCCCC)OC(=O)CCCCCCC\C=C/C=C\C=C/CCCCCCC. The molecule has 0 radical (unpaired) electrons. The highest BCUT2D eigenvalue weighted by Gasteiger charge is 2.19. The first-order valence-electron chi connectivity index (χ1n) is 28.2. The quantitative estimate of drug-likeness (QED) is 0.0262. The molecule has 0 saturated heterocycles. The van der Waals surface area contributed by atoms with E-state index in [1.54, 1.807) is 0 Å². The van der Waals surface area contributed by atoms with Gasteiger partial charge in [0.15, 0.2) is 6.10 Å². The summed E-state index contributed by atoms with van der Waals surface area (Å²) in [5.41, 5.74) is 0. The van der Waals surface area contributed by atoms with Crippen LogP contribution in [-0.2, 0) is 28.6 Å². The highest BCUT2D eigenvalue weighted by Crippen LogP contribution is 2.13. The Hall–Kier alpha value is -4.19. The topological polar surface area (TPSA) is 78.9 Å². The molecule has 0 N–H and O–H groups in total. The zero-order chi connectivity index (χ0) is 50.0. The molecular formula is C63H102O6. The number of allylic oxidation sites excluding steroid dienone is 20. The summed E-state index contributed by atoms with van der Waals surface area (Å²) >= 11 is 0. The zero-order valence-electron chi connectivity index (χ0n) is 44.5. The minimum atomic E-state index is -0.809. The molecule has 390 valence electrons. The van der Waals surface area contributed by atoms with Gasteiger partial charge in [-0.2, -0.15) is 0 Å². The van der Waals surface area contributed by atoms with Gasteiger partial charge in [0.25, 0.3) is 0 Å². The monoisotopic (exact) mass is 955 g/mol. The minimum Gasteiger partial charge on any atom is -0.462 e. The molecule has 6 heteroatoms. The summed E-state index contributed by atoms with van der Waals surface area (Å²) in [6, 6.07) is 0. The molecule has 0 spiro atoms. The first kappa shape index (κ1) is 64.8. The molecule has 0 bridgehead atoms. The smallest absolute Gasteiger partial charge is 0.306 e. The van der Waals surface area contributed by atoms with Crippen molar-refractivity contribution < 1.29 is 28.6 Å². The van der Waals surface area contributed by atoms with Crippen LogP contribution < -0.4 is 0 Å². The Labute approximate surface area is 424 Å². The molecule has 0 aromatic carbocycles. The number of rotatable bonds is 49. The van der Waals surface area contributed by atoms with E-state index in [0.717, 1.165) is 122 Å². The lowest BCUT2D eigenvalue weighted by Gasteiger charge is -2.18. The molecule has 0 aromatic heterocycles. The normalized spacial score (nSPS) is 13.0. The molecule has 0 saturated carbocycles. The van der Waals surface area contributed by atoms with E-state index in [-0.39, 0.29) is 31.1 Å². The summed E-state index contributed by atoms with van der Waals surface area (Å²) in [7, 11) is 0. The van der Waals surface area contributed by atoms with Gasteiger partial charge in [-0.25, -0.2) is 0 Å². The Kier molecular flexibility index (Phi) is 53.0. The van der Waals surface area contributed by atoms with E-state index in [1.165, 1.54) is 77.0 Å². The second-order valence-corrected chi connectivity index (χ2v) is 18.3. The number of hydrogen-bond donors (Lipinski definition) is 0. The van der Waals surface area contributed by atoms with E-state index in [1.807, 2.05) is 24.3 Å². The van der Waals surface area contributed by atoms with Crippen molar-refractivity contribution in [3.63, 3.8) is 0 Å². The van der Waals surface area contributed by atoms with Gasteiger partial charge in [-0.05, 0) is 89.9 Å². The highest BCUT2D eigenvalue weighted by atomic mass is 16.6. The van der Waals surface area contributed by atoms with Crippen LogP contribution in [-0.4, -0.2) is 37.2 Å². The Bertz CT molecular complexity index is 1470. The molecule has 69 heavy (non-hydrogen) atoms. The molecule has 0 rings (SSSR count). The fourth-order valence-corrected chi connectivity index (χ4v) is 7.35. The molecule has 0 amide bonds. The molecule has 0 aliphatic heterocycles. The van der Waals surface area contributed by atoms with Crippen LogP contribution in [0.15, 0.2) is 122 Å². The summed E-state index contributed by atoms with van der Waals surface area (Å²) in [4.78, 5) is 38.1. The summed E-state index contributed by atoms with van der Waals surface area (Å²) in [6.45, 7) is 6.45. The van der Waals surface area contributed by atoms with Crippen LogP contribution in [0.1, 0.15) is 239 Å². The predicted octanol–water partition coefficient (Wildman–Crippen LogP) is 18.9. The van der Waals surface area contributed by atoms with Crippen molar-refractivity contribution in [3.8, 4) is 0 Å². The summed E-state index contributed by atoms with van der Waals surface area (Å²) < 4.78 is 16.8. The van der Waals surface area contributed by atoms with Crippen molar-refractivity contribution in [1.29, 1.82) is 0 Å². The largest absolute Gasteiger partial charge is 0.462 e. The van der Waals surface area contributed by atoms with E-state index in [9.17, 15) is 14.4 Å². The van der Waals surface area contributed by atoms with Crippen LogP contribution in [0.5, 0.6) is 0 Å². The van der Waals surface area contributed by atoms with Crippen molar-refractivity contribution in [2.75, 3.05) is 13.2 Å². The van der Waals surface area contributed by atoms with E-state index in [2.05, 4.69) is 118 Å². The van der Waals surface area contributed by atoms with E-state index < -0.39 is 6.10 Å². The number of carbonyl (C=O) groups excluding carboxylic acids is 3. The Morgan fingerprint density at radius 3 is 0.913 bits per heavy atom. The van der Waals surface area contributed by atoms with E-state index in [4.69, 9.17) is 14.2 Å². The van der Waals surface area contributed by atoms with Gasteiger partial charge < -0.3 is 14.2 Å². The summed E-state index contributed by atoms with van der Waals surface area (Å²) in [5.74, 6) is -0.963. The Morgan fingerprint density at radius 1 is 0.290 bits per heavy atom. The van der Waals surface area contributed by atoms with Crippen molar-refractivity contribution in [3.05, 3.63) is 122 Å². The van der Waals surface area contributed by atoms with Crippen LogP contribution in [0.3, 0.4) is 0 Å². The zero-order valence-corrected chi connectivity index (χ0v) is 44.5. The van der Waals surface area contributed by atoms with E-state index >= 15 is 0 Å². The molecule has 6 nitrogen and oxygen atoms in total. The van der Waals surface area contributed by atoms with Gasteiger partial charge in [0.05, 0.1) is 0 Å². The molecular weight excluding hydrogens is 853 g/mol. The fraction of sp³-hybridized carbons (Fsp3) is 0.635. The molecule has 0 aliphatic rings. The van der Waals surface area contributed by atoms with Crippen molar-refractivity contribution in [1.82, 2.24) is 0 Å². The van der Waals surface area contributed by atoms with Gasteiger partial charge in [0.2, 0.25) is 0 Å². The number of ether oxygens (including phenoxy) is 3. The predicted molar refractivity (Wildman–Crippen MR) is 297 cm³/mol. The van der Waals surface area contributed by atoms with Crippen LogP contribution >= 0.6 is 0 Å². The second kappa shape index (κ2) is 56.4.